The van der Waals surface area contributed by atoms with E-state index in [1.165, 1.54) is 12.8 Å². The number of hydrogen-bond donors (Lipinski definition) is 3. The van der Waals surface area contributed by atoms with Crippen molar-refractivity contribution in [2.45, 2.75) is 44.3 Å². The maximum absolute atomic E-state index is 12.6. The highest BCUT2D eigenvalue weighted by atomic mass is 79.9. The van der Waals surface area contributed by atoms with Gasteiger partial charge in [-0.1, -0.05) is 34.8 Å². The Morgan fingerprint density at radius 2 is 2.08 bits per heavy atom. The predicted molar refractivity (Wildman–Crippen MR) is 98.4 cm³/mol. The molecule has 1 aliphatic carbocycles. The normalized spacial score (nSPS) is 31.9. The molecule has 25 heavy (non-hydrogen) atoms. The first-order chi connectivity index (χ1) is 12.1. The molecule has 1 aromatic rings. The van der Waals surface area contributed by atoms with Crippen LogP contribution in [0.5, 0.6) is 0 Å². The number of likely N-dealkylation sites (tertiary alicyclic amines) is 1. The molecule has 4 unspecified atom stereocenters. The second-order valence-electron chi connectivity index (χ2n) is 7.24. The summed E-state index contributed by atoms with van der Waals surface area (Å²) in [6.07, 6.45) is 5.05. The molecule has 2 saturated heterocycles. The van der Waals surface area contributed by atoms with Gasteiger partial charge in [0.2, 0.25) is 11.8 Å². The van der Waals surface area contributed by atoms with Crippen LogP contribution in [0.4, 0.5) is 5.69 Å². The van der Waals surface area contributed by atoms with Crippen LogP contribution in [0.2, 0.25) is 0 Å². The third kappa shape index (κ3) is 3.45. The number of rotatable bonds is 3. The van der Waals surface area contributed by atoms with Crippen LogP contribution in [0, 0.1) is 11.8 Å². The molecule has 1 saturated carbocycles. The van der Waals surface area contributed by atoms with Crippen LogP contribution in [-0.4, -0.2) is 35.5 Å². The van der Waals surface area contributed by atoms with Gasteiger partial charge in [0.25, 0.3) is 0 Å². The van der Waals surface area contributed by atoms with Crippen molar-refractivity contribution in [1.29, 1.82) is 0 Å². The van der Waals surface area contributed by atoms with E-state index in [9.17, 15) is 9.59 Å². The number of carbonyl (C=O) groups is 2. The summed E-state index contributed by atoms with van der Waals surface area (Å²) in [5.41, 5.74) is 7.40. The number of hydrogen-bond acceptors (Lipinski definition) is 4. The second kappa shape index (κ2) is 7.05. The molecule has 0 aromatic heterocycles. The Balaban J connectivity index is 1.41. The van der Waals surface area contributed by atoms with Crippen LogP contribution in [0.3, 0.4) is 0 Å². The molecule has 1 aromatic carbocycles. The number of anilines is 1. The van der Waals surface area contributed by atoms with Gasteiger partial charge in [-0.3, -0.25) is 15.0 Å². The van der Waals surface area contributed by atoms with E-state index in [0.717, 1.165) is 23.0 Å². The van der Waals surface area contributed by atoms with Gasteiger partial charge >= 0.3 is 0 Å². The van der Waals surface area contributed by atoms with Gasteiger partial charge in [0.15, 0.2) is 0 Å². The molecule has 2 amide bonds. The van der Waals surface area contributed by atoms with Crippen LogP contribution in [0.1, 0.15) is 32.1 Å². The summed E-state index contributed by atoms with van der Waals surface area (Å²) >= 11 is 3.40. The lowest BCUT2D eigenvalue weighted by Crippen LogP contribution is -2.48. The average Bonchev–Trinajstić information content (AvgIpc) is 3.18. The Morgan fingerprint density at radius 1 is 1.24 bits per heavy atom. The lowest BCUT2D eigenvalue weighted by atomic mass is 9.84. The van der Waals surface area contributed by atoms with Gasteiger partial charge < -0.3 is 10.2 Å². The molecule has 7 heteroatoms. The number of nitrogens with zero attached hydrogens (tertiary/aromatic N) is 1. The highest BCUT2D eigenvalue weighted by molar-refractivity contribution is 9.10. The summed E-state index contributed by atoms with van der Waals surface area (Å²) in [7, 11) is 0. The third-order valence-corrected chi connectivity index (χ3v) is 6.09. The zero-order valence-electron chi connectivity index (χ0n) is 14.0. The van der Waals surface area contributed by atoms with Crippen molar-refractivity contribution in [3.05, 3.63) is 28.7 Å². The van der Waals surface area contributed by atoms with Gasteiger partial charge in [-0.25, -0.2) is 5.43 Å². The summed E-state index contributed by atoms with van der Waals surface area (Å²) in [4.78, 5) is 27.0. The quantitative estimate of drug-likeness (QED) is 0.719. The minimum atomic E-state index is -0.295. The van der Waals surface area contributed by atoms with Crippen molar-refractivity contribution in [3.63, 3.8) is 0 Å². The first-order valence-electron chi connectivity index (χ1n) is 8.99. The molecule has 2 aliphatic heterocycles. The standard InChI is InChI=1S/C18H23BrN4O2/c19-12-4-3-5-13(9-12)20-18(25)11-8-16(24)23(10-11)17-14-6-1-2-7-15(14)21-22-17/h3-5,9,11,14-15,17,21-22H,1-2,6-8,10H2,(H,20,25). The van der Waals surface area contributed by atoms with E-state index in [1.807, 2.05) is 29.2 Å². The number of benzene rings is 1. The maximum Gasteiger partial charge on any atom is 0.229 e. The van der Waals surface area contributed by atoms with Crippen molar-refractivity contribution in [2.75, 3.05) is 11.9 Å². The van der Waals surface area contributed by atoms with E-state index in [-0.39, 0.29) is 30.3 Å². The van der Waals surface area contributed by atoms with Gasteiger partial charge in [-0.2, -0.15) is 0 Å². The summed E-state index contributed by atoms with van der Waals surface area (Å²) in [5.74, 6) is 0.139. The van der Waals surface area contributed by atoms with Crippen molar-refractivity contribution < 1.29 is 9.59 Å². The van der Waals surface area contributed by atoms with Crippen LogP contribution in [-0.2, 0) is 9.59 Å². The fraction of sp³-hybridized carbons (Fsp3) is 0.556. The molecule has 3 N–H and O–H groups in total. The molecule has 0 radical (unpaired) electrons. The summed E-state index contributed by atoms with van der Waals surface area (Å²) in [6, 6.07) is 7.95. The monoisotopic (exact) mass is 406 g/mol. The van der Waals surface area contributed by atoms with E-state index in [2.05, 4.69) is 32.1 Å². The minimum Gasteiger partial charge on any atom is -0.326 e. The van der Waals surface area contributed by atoms with Gasteiger partial charge in [-0.15, -0.1) is 0 Å². The van der Waals surface area contributed by atoms with E-state index in [0.29, 0.717) is 18.5 Å². The van der Waals surface area contributed by atoms with Gasteiger partial charge in [0.05, 0.1) is 12.1 Å². The van der Waals surface area contributed by atoms with Crippen molar-refractivity contribution >= 4 is 33.4 Å². The second-order valence-corrected chi connectivity index (χ2v) is 8.15. The number of hydrazine groups is 1. The van der Waals surface area contributed by atoms with Crippen molar-refractivity contribution in [1.82, 2.24) is 15.8 Å². The molecule has 6 nitrogen and oxygen atoms in total. The maximum atomic E-state index is 12.6. The SMILES string of the molecule is O=C(Nc1cccc(Br)c1)C1CC(=O)N(C2NNC3CCCCC32)C1. The molecule has 4 rings (SSSR count). The molecule has 2 heterocycles. The molecule has 0 spiro atoms. The third-order valence-electron chi connectivity index (χ3n) is 5.60. The van der Waals surface area contributed by atoms with E-state index < -0.39 is 0 Å². The zero-order chi connectivity index (χ0) is 17.4. The Labute approximate surface area is 155 Å². The van der Waals surface area contributed by atoms with Crippen molar-refractivity contribution in [3.8, 4) is 0 Å². The fourth-order valence-corrected chi connectivity index (χ4v) is 4.71. The van der Waals surface area contributed by atoms with Gasteiger partial charge in [-0.05, 0) is 31.0 Å². The Hall–Kier alpha value is -1.44. The summed E-state index contributed by atoms with van der Waals surface area (Å²) in [6.45, 7) is 0.487. The predicted octanol–water partition coefficient (Wildman–Crippen LogP) is 2.23. The summed E-state index contributed by atoms with van der Waals surface area (Å²) < 4.78 is 0.916. The van der Waals surface area contributed by atoms with E-state index >= 15 is 0 Å². The highest BCUT2D eigenvalue weighted by Crippen LogP contribution is 2.34. The average molecular weight is 407 g/mol. The number of halogens is 1. The van der Waals surface area contributed by atoms with Crippen LogP contribution in [0.25, 0.3) is 0 Å². The zero-order valence-corrected chi connectivity index (χ0v) is 15.6. The summed E-state index contributed by atoms with van der Waals surface area (Å²) in [5, 5.41) is 2.93. The number of fused-ring (bicyclic) bond motifs is 1. The number of carbonyl (C=O) groups excluding carboxylic acids is 2. The Morgan fingerprint density at radius 3 is 2.92 bits per heavy atom. The van der Waals surface area contributed by atoms with Crippen LogP contribution < -0.4 is 16.2 Å². The first-order valence-corrected chi connectivity index (χ1v) is 9.78. The molecular formula is C18H23BrN4O2. The topological polar surface area (TPSA) is 73.5 Å². The molecule has 0 bridgehead atoms. The van der Waals surface area contributed by atoms with Gasteiger partial charge in [0, 0.05) is 35.1 Å². The van der Waals surface area contributed by atoms with Crippen LogP contribution in [0.15, 0.2) is 28.7 Å². The smallest absolute Gasteiger partial charge is 0.229 e. The van der Waals surface area contributed by atoms with Crippen molar-refractivity contribution in [2.24, 2.45) is 11.8 Å². The van der Waals surface area contributed by atoms with Crippen LogP contribution >= 0.6 is 15.9 Å². The largest absolute Gasteiger partial charge is 0.326 e. The number of amides is 2. The lowest BCUT2D eigenvalue weighted by molar-refractivity contribution is -0.131. The van der Waals surface area contributed by atoms with E-state index in [4.69, 9.17) is 0 Å². The molecule has 3 fully saturated rings. The minimum absolute atomic E-state index is 0.0152. The molecular weight excluding hydrogens is 384 g/mol. The van der Waals surface area contributed by atoms with E-state index in [1.54, 1.807) is 0 Å². The highest BCUT2D eigenvalue weighted by Gasteiger charge is 2.46. The first kappa shape index (κ1) is 17.0. The Bertz CT molecular complexity index is 683. The van der Waals surface area contributed by atoms with Gasteiger partial charge in [0.1, 0.15) is 0 Å². The lowest BCUT2D eigenvalue weighted by Gasteiger charge is -2.32. The Kier molecular flexibility index (Phi) is 4.80. The molecule has 3 aliphatic rings. The molecule has 134 valence electrons. The fourth-order valence-electron chi connectivity index (χ4n) is 4.31. The number of nitrogens with one attached hydrogen (secondary N) is 3. The molecule has 4 atom stereocenters.